The average Bonchev–Trinajstić information content (AvgIpc) is 2.54. The fourth-order valence-corrected chi connectivity index (χ4v) is 2.60. The Morgan fingerprint density at radius 3 is 2.59 bits per heavy atom. The smallest absolute Gasteiger partial charge is 0.237 e. The number of carbonyl (C=O) groups excluding carboxylic acids is 1. The quantitative estimate of drug-likeness (QED) is 0.871. The summed E-state index contributed by atoms with van der Waals surface area (Å²) >= 11 is 0. The Balaban J connectivity index is 0.00000242. The summed E-state index contributed by atoms with van der Waals surface area (Å²) < 4.78 is 10.5. The zero-order valence-electron chi connectivity index (χ0n) is 13.3. The predicted molar refractivity (Wildman–Crippen MR) is 89.0 cm³/mol. The molecule has 1 aliphatic rings. The van der Waals surface area contributed by atoms with E-state index in [0.717, 1.165) is 31.4 Å². The van der Waals surface area contributed by atoms with Crippen molar-refractivity contribution in [2.45, 2.75) is 38.3 Å². The van der Waals surface area contributed by atoms with E-state index in [0.29, 0.717) is 11.5 Å². The molecule has 1 aromatic carbocycles. The lowest BCUT2D eigenvalue weighted by molar-refractivity contribution is -0.124. The lowest BCUT2D eigenvalue weighted by Crippen LogP contribution is -2.47. The normalized spacial score (nSPS) is 18.8. The van der Waals surface area contributed by atoms with Crippen LogP contribution in [0, 0.1) is 0 Å². The van der Waals surface area contributed by atoms with Gasteiger partial charge in [-0.2, -0.15) is 0 Å². The molecule has 0 saturated carbocycles. The van der Waals surface area contributed by atoms with E-state index in [1.54, 1.807) is 14.2 Å². The van der Waals surface area contributed by atoms with Gasteiger partial charge in [-0.15, -0.1) is 12.4 Å². The summed E-state index contributed by atoms with van der Waals surface area (Å²) in [6.45, 7) is 2.89. The minimum atomic E-state index is -0.0685. The number of benzene rings is 1. The van der Waals surface area contributed by atoms with Gasteiger partial charge < -0.3 is 20.1 Å². The first-order valence-electron chi connectivity index (χ1n) is 7.41. The first kappa shape index (κ1) is 18.6. The second kappa shape index (κ2) is 8.86. The molecule has 1 aromatic rings. The van der Waals surface area contributed by atoms with Gasteiger partial charge in [-0.1, -0.05) is 12.5 Å². The molecule has 0 aliphatic carbocycles. The summed E-state index contributed by atoms with van der Waals surface area (Å²) in [5.41, 5.74) is 0.997. The highest BCUT2D eigenvalue weighted by Gasteiger charge is 2.22. The molecule has 1 heterocycles. The fraction of sp³-hybridized carbons (Fsp3) is 0.562. The predicted octanol–water partition coefficient (Wildman–Crippen LogP) is 2.44. The molecule has 2 atom stereocenters. The molecule has 2 rings (SSSR count). The summed E-state index contributed by atoms with van der Waals surface area (Å²) in [6, 6.07) is 5.57. The maximum absolute atomic E-state index is 12.2. The van der Waals surface area contributed by atoms with Crippen molar-refractivity contribution >= 4 is 18.3 Å². The van der Waals surface area contributed by atoms with Gasteiger partial charge in [0, 0.05) is 0 Å². The number of piperidine rings is 1. The second-order valence-electron chi connectivity index (χ2n) is 5.35. The lowest BCUT2D eigenvalue weighted by atomic mass is 10.0. The van der Waals surface area contributed by atoms with Gasteiger partial charge >= 0.3 is 0 Å². The summed E-state index contributed by atoms with van der Waals surface area (Å²) in [5.74, 6) is 1.43. The van der Waals surface area contributed by atoms with Gasteiger partial charge in [0.1, 0.15) is 0 Å². The number of amides is 1. The third-order valence-electron chi connectivity index (χ3n) is 3.89. The van der Waals surface area contributed by atoms with Crippen LogP contribution in [0.3, 0.4) is 0 Å². The van der Waals surface area contributed by atoms with Crippen molar-refractivity contribution in [1.82, 2.24) is 10.6 Å². The lowest BCUT2D eigenvalue weighted by Gasteiger charge is -2.25. The van der Waals surface area contributed by atoms with Gasteiger partial charge in [0.15, 0.2) is 11.5 Å². The van der Waals surface area contributed by atoms with E-state index in [9.17, 15) is 4.79 Å². The highest BCUT2D eigenvalue weighted by Crippen LogP contribution is 2.29. The van der Waals surface area contributed by atoms with Crippen molar-refractivity contribution < 1.29 is 14.3 Å². The average molecular weight is 329 g/mol. The molecule has 6 heteroatoms. The zero-order chi connectivity index (χ0) is 15.2. The third kappa shape index (κ3) is 4.52. The molecule has 1 aliphatic heterocycles. The van der Waals surface area contributed by atoms with E-state index >= 15 is 0 Å². The van der Waals surface area contributed by atoms with Crippen LogP contribution in [0.25, 0.3) is 0 Å². The molecular weight excluding hydrogens is 304 g/mol. The number of hydrogen-bond donors (Lipinski definition) is 2. The Morgan fingerprint density at radius 1 is 1.27 bits per heavy atom. The number of methoxy groups -OCH3 is 2. The van der Waals surface area contributed by atoms with Crippen LogP contribution < -0.4 is 20.1 Å². The minimum Gasteiger partial charge on any atom is -0.493 e. The van der Waals surface area contributed by atoms with Crippen LogP contribution in [0.4, 0.5) is 0 Å². The van der Waals surface area contributed by atoms with Crippen molar-refractivity contribution in [2.75, 3.05) is 20.8 Å². The highest BCUT2D eigenvalue weighted by molar-refractivity contribution is 5.85. The molecule has 22 heavy (non-hydrogen) atoms. The monoisotopic (exact) mass is 328 g/mol. The van der Waals surface area contributed by atoms with E-state index in [4.69, 9.17) is 9.47 Å². The van der Waals surface area contributed by atoms with Crippen LogP contribution in [-0.4, -0.2) is 32.7 Å². The van der Waals surface area contributed by atoms with Gasteiger partial charge in [-0.3, -0.25) is 4.79 Å². The van der Waals surface area contributed by atoms with Crippen molar-refractivity contribution in [3.05, 3.63) is 23.8 Å². The van der Waals surface area contributed by atoms with Crippen LogP contribution >= 0.6 is 12.4 Å². The molecule has 5 nitrogen and oxygen atoms in total. The third-order valence-corrected chi connectivity index (χ3v) is 3.89. The SMILES string of the molecule is COc1ccc(C(C)NC(=O)[C@H]2CCCCN2)cc1OC.Cl. The summed E-state index contributed by atoms with van der Waals surface area (Å²) in [5, 5.41) is 6.32. The number of rotatable bonds is 5. The summed E-state index contributed by atoms with van der Waals surface area (Å²) in [4.78, 5) is 12.2. The van der Waals surface area contributed by atoms with Crippen LogP contribution in [0.5, 0.6) is 11.5 Å². The molecule has 0 bridgehead atoms. The van der Waals surface area contributed by atoms with Crippen LogP contribution in [0.2, 0.25) is 0 Å². The minimum absolute atomic E-state index is 0. The summed E-state index contributed by atoms with van der Waals surface area (Å²) in [6.07, 6.45) is 3.16. The van der Waals surface area contributed by atoms with Crippen molar-refractivity contribution in [2.24, 2.45) is 0 Å². The van der Waals surface area contributed by atoms with Crippen molar-refractivity contribution in [1.29, 1.82) is 0 Å². The summed E-state index contributed by atoms with van der Waals surface area (Å²) in [7, 11) is 3.22. The first-order chi connectivity index (χ1) is 10.2. The highest BCUT2D eigenvalue weighted by atomic mass is 35.5. The number of carbonyl (C=O) groups is 1. The fourth-order valence-electron chi connectivity index (χ4n) is 2.60. The molecular formula is C16H25ClN2O3. The Hall–Kier alpha value is -1.46. The van der Waals surface area contributed by atoms with E-state index < -0.39 is 0 Å². The van der Waals surface area contributed by atoms with Crippen LogP contribution in [0.1, 0.15) is 37.8 Å². The van der Waals surface area contributed by atoms with Crippen LogP contribution in [-0.2, 0) is 4.79 Å². The van der Waals surface area contributed by atoms with Crippen molar-refractivity contribution in [3.8, 4) is 11.5 Å². The Labute approximate surface area is 138 Å². The topological polar surface area (TPSA) is 59.6 Å². The molecule has 1 fully saturated rings. The van der Waals surface area contributed by atoms with Crippen LogP contribution in [0.15, 0.2) is 18.2 Å². The standard InChI is InChI=1S/C16H24N2O3.ClH/c1-11(18-16(19)13-6-4-5-9-17-13)12-7-8-14(20-2)15(10-12)21-3;/h7-8,10-11,13,17H,4-6,9H2,1-3H3,(H,18,19);1H/t11?,13-;/m1./s1. The molecule has 0 spiro atoms. The Morgan fingerprint density at radius 2 is 2.00 bits per heavy atom. The second-order valence-corrected chi connectivity index (χ2v) is 5.35. The zero-order valence-corrected chi connectivity index (χ0v) is 14.2. The van der Waals surface area contributed by atoms with Gasteiger partial charge in [0.25, 0.3) is 0 Å². The molecule has 1 amide bonds. The molecule has 0 aromatic heterocycles. The first-order valence-corrected chi connectivity index (χ1v) is 7.41. The maximum atomic E-state index is 12.2. The maximum Gasteiger partial charge on any atom is 0.237 e. The molecule has 0 radical (unpaired) electrons. The number of halogens is 1. The van der Waals surface area contributed by atoms with Gasteiger partial charge in [0.2, 0.25) is 5.91 Å². The molecule has 1 saturated heterocycles. The number of ether oxygens (including phenoxy) is 2. The van der Waals surface area contributed by atoms with E-state index in [-0.39, 0.29) is 30.4 Å². The Bertz CT molecular complexity index is 490. The Kier molecular flexibility index (Phi) is 7.48. The number of nitrogens with one attached hydrogen (secondary N) is 2. The van der Waals surface area contributed by atoms with Gasteiger partial charge in [-0.25, -0.2) is 0 Å². The van der Waals surface area contributed by atoms with Gasteiger partial charge in [0.05, 0.1) is 26.3 Å². The van der Waals surface area contributed by atoms with E-state index in [1.165, 1.54) is 0 Å². The molecule has 124 valence electrons. The molecule has 1 unspecified atom stereocenters. The van der Waals surface area contributed by atoms with E-state index in [1.807, 2.05) is 25.1 Å². The van der Waals surface area contributed by atoms with Crippen molar-refractivity contribution in [3.63, 3.8) is 0 Å². The van der Waals surface area contributed by atoms with E-state index in [2.05, 4.69) is 10.6 Å². The largest absolute Gasteiger partial charge is 0.493 e. The molecule has 2 N–H and O–H groups in total. The number of hydrogen-bond acceptors (Lipinski definition) is 4. The van der Waals surface area contributed by atoms with Gasteiger partial charge in [-0.05, 0) is 44.0 Å².